The standard InChI is InChI=1S/C17H15ClF3N3O2/c18-12-2-1-3-14(9-12)24-16(26)23-13-6-4-11(5-7-13)8-15(25)22-10-17(19,20)21/h1-7,9H,8,10H2,(H,22,25)(H2,23,24,26). The number of carbonyl (C=O) groups is 2. The molecule has 2 aromatic rings. The Morgan fingerprint density at radius 3 is 2.23 bits per heavy atom. The van der Waals surface area contributed by atoms with Crippen molar-refractivity contribution < 1.29 is 22.8 Å². The molecule has 2 aromatic carbocycles. The van der Waals surface area contributed by atoms with Crippen LogP contribution in [0.2, 0.25) is 5.02 Å². The number of hydrogen-bond acceptors (Lipinski definition) is 2. The number of anilines is 2. The first-order valence-corrected chi connectivity index (χ1v) is 7.85. The molecule has 138 valence electrons. The summed E-state index contributed by atoms with van der Waals surface area (Å²) in [7, 11) is 0. The van der Waals surface area contributed by atoms with Gasteiger partial charge in [0.25, 0.3) is 0 Å². The Bertz CT molecular complexity index is 780. The van der Waals surface area contributed by atoms with Crippen LogP contribution in [0, 0.1) is 0 Å². The number of hydrogen-bond donors (Lipinski definition) is 3. The summed E-state index contributed by atoms with van der Waals surface area (Å²) in [6.07, 6.45) is -4.63. The Labute approximate surface area is 152 Å². The summed E-state index contributed by atoms with van der Waals surface area (Å²) in [5.41, 5.74) is 1.50. The van der Waals surface area contributed by atoms with Gasteiger partial charge in [0.15, 0.2) is 0 Å². The Hall–Kier alpha value is -2.74. The van der Waals surface area contributed by atoms with Crippen molar-refractivity contribution in [2.45, 2.75) is 12.6 Å². The van der Waals surface area contributed by atoms with Crippen LogP contribution in [-0.4, -0.2) is 24.7 Å². The minimum absolute atomic E-state index is 0.189. The van der Waals surface area contributed by atoms with Crippen LogP contribution in [-0.2, 0) is 11.2 Å². The maximum absolute atomic E-state index is 12.0. The van der Waals surface area contributed by atoms with Crippen LogP contribution in [0.3, 0.4) is 0 Å². The van der Waals surface area contributed by atoms with Crippen LogP contribution >= 0.6 is 11.6 Å². The van der Waals surface area contributed by atoms with Crippen LogP contribution in [0.5, 0.6) is 0 Å². The monoisotopic (exact) mass is 385 g/mol. The molecule has 0 fully saturated rings. The van der Waals surface area contributed by atoms with E-state index in [4.69, 9.17) is 11.6 Å². The zero-order valence-electron chi connectivity index (χ0n) is 13.4. The summed E-state index contributed by atoms with van der Waals surface area (Å²) in [4.78, 5) is 23.3. The summed E-state index contributed by atoms with van der Waals surface area (Å²) in [5, 5.41) is 7.47. The molecule has 0 aliphatic heterocycles. The number of alkyl halides is 3. The van der Waals surface area contributed by atoms with Gasteiger partial charge in [-0.3, -0.25) is 4.79 Å². The summed E-state index contributed by atoms with van der Waals surface area (Å²) >= 11 is 5.83. The molecule has 0 saturated carbocycles. The first-order chi connectivity index (χ1) is 12.2. The van der Waals surface area contributed by atoms with E-state index in [0.29, 0.717) is 22.0 Å². The lowest BCUT2D eigenvalue weighted by atomic mass is 10.1. The van der Waals surface area contributed by atoms with Crippen molar-refractivity contribution in [3.63, 3.8) is 0 Å². The third kappa shape index (κ3) is 7.02. The predicted molar refractivity (Wildman–Crippen MR) is 93.3 cm³/mol. The molecule has 0 saturated heterocycles. The SMILES string of the molecule is O=C(Cc1ccc(NC(=O)Nc2cccc(Cl)c2)cc1)NCC(F)(F)F. The molecule has 0 bridgehead atoms. The normalized spacial score (nSPS) is 10.9. The minimum Gasteiger partial charge on any atom is -0.347 e. The van der Waals surface area contributed by atoms with Gasteiger partial charge in [-0.1, -0.05) is 29.8 Å². The number of benzene rings is 2. The largest absolute Gasteiger partial charge is 0.405 e. The molecule has 0 radical (unpaired) electrons. The molecule has 26 heavy (non-hydrogen) atoms. The van der Waals surface area contributed by atoms with Crippen LogP contribution in [0.15, 0.2) is 48.5 Å². The molecule has 5 nitrogen and oxygen atoms in total. The molecule has 3 amide bonds. The van der Waals surface area contributed by atoms with Crippen molar-refractivity contribution in [3.05, 3.63) is 59.1 Å². The fourth-order valence-electron chi connectivity index (χ4n) is 2.01. The summed E-state index contributed by atoms with van der Waals surface area (Å²) in [6.45, 7) is -1.37. The maximum atomic E-state index is 12.0. The second-order valence-corrected chi connectivity index (χ2v) is 5.79. The second kappa shape index (κ2) is 8.57. The van der Waals surface area contributed by atoms with E-state index in [1.54, 1.807) is 53.8 Å². The third-order valence-electron chi connectivity index (χ3n) is 3.14. The molecule has 0 aliphatic carbocycles. The summed E-state index contributed by atoms with van der Waals surface area (Å²) in [5.74, 6) is -0.735. The number of nitrogens with one attached hydrogen (secondary N) is 3. The smallest absolute Gasteiger partial charge is 0.347 e. The highest BCUT2D eigenvalue weighted by Crippen LogP contribution is 2.16. The minimum atomic E-state index is -4.44. The van der Waals surface area contributed by atoms with Gasteiger partial charge >= 0.3 is 12.2 Å². The number of urea groups is 1. The van der Waals surface area contributed by atoms with Crippen LogP contribution in [0.25, 0.3) is 0 Å². The van der Waals surface area contributed by atoms with Crippen molar-refractivity contribution in [3.8, 4) is 0 Å². The van der Waals surface area contributed by atoms with Crippen molar-refractivity contribution in [2.24, 2.45) is 0 Å². The molecule has 9 heteroatoms. The molecule has 0 unspecified atom stereocenters. The van der Waals surface area contributed by atoms with E-state index in [1.165, 1.54) is 0 Å². The van der Waals surface area contributed by atoms with Gasteiger partial charge in [-0.05, 0) is 35.9 Å². The quantitative estimate of drug-likeness (QED) is 0.721. The third-order valence-corrected chi connectivity index (χ3v) is 3.38. The maximum Gasteiger partial charge on any atom is 0.405 e. The van der Waals surface area contributed by atoms with Gasteiger partial charge in [0.1, 0.15) is 6.54 Å². The van der Waals surface area contributed by atoms with E-state index in [-0.39, 0.29) is 6.42 Å². The Morgan fingerprint density at radius 2 is 1.62 bits per heavy atom. The molecule has 0 spiro atoms. The van der Waals surface area contributed by atoms with Gasteiger partial charge in [-0.2, -0.15) is 13.2 Å². The van der Waals surface area contributed by atoms with E-state index in [9.17, 15) is 22.8 Å². The van der Waals surface area contributed by atoms with E-state index in [1.807, 2.05) is 0 Å². The fourth-order valence-corrected chi connectivity index (χ4v) is 2.20. The van der Waals surface area contributed by atoms with Crippen LogP contribution in [0.1, 0.15) is 5.56 Å². The Kier molecular flexibility index (Phi) is 6.46. The van der Waals surface area contributed by atoms with E-state index < -0.39 is 24.7 Å². The Balaban J connectivity index is 1.85. The van der Waals surface area contributed by atoms with Gasteiger partial charge in [-0.25, -0.2) is 4.79 Å². The van der Waals surface area contributed by atoms with Gasteiger partial charge in [-0.15, -0.1) is 0 Å². The second-order valence-electron chi connectivity index (χ2n) is 5.36. The number of halogens is 4. The first-order valence-electron chi connectivity index (χ1n) is 7.47. The average Bonchev–Trinajstić information content (AvgIpc) is 2.54. The highest BCUT2D eigenvalue weighted by molar-refractivity contribution is 6.30. The Morgan fingerprint density at radius 1 is 0.962 bits per heavy atom. The number of amides is 3. The van der Waals surface area contributed by atoms with Gasteiger partial charge in [0.2, 0.25) is 5.91 Å². The molecule has 2 rings (SSSR count). The van der Waals surface area contributed by atoms with Crippen molar-refractivity contribution in [1.29, 1.82) is 0 Å². The van der Waals surface area contributed by atoms with Gasteiger partial charge < -0.3 is 16.0 Å². The molecular formula is C17H15ClF3N3O2. The van der Waals surface area contributed by atoms with Crippen molar-refractivity contribution in [2.75, 3.05) is 17.2 Å². The average molecular weight is 386 g/mol. The lowest BCUT2D eigenvalue weighted by Gasteiger charge is -2.10. The van der Waals surface area contributed by atoms with Crippen molar-refractivity contribution >= 4 is 34.9 Å². The highest BCUT2D eigenvalue weighted by Gasteiger charge is 2.27. The zero-order valence-corrected chi connectivity index (χ0v) is 14.1. The summed E-state index contributed by atoms with van der Waals surface area (Å²) in [6, 6.07) is 12.3. The van der Waals surface area contributed by atoms with Crippen LogP contribution < -0.4 is 16.0 Å². The van der Waals surface area contributed by atoms with E-state index in [2.05, 4.69) is 10.6 Å². The molecule has 0 atom stereocenters. The van der Waals surface area contributed by atoms with Gasteiger partial charge in [0, 0.05) is 16.4 Å². The first kappa shape index (κ1) is 19.6. The molecule has 0 heterocycles. The molecular weight excluding hydrogens is 371 g/mol. The summed E-state index contributed by atoms with van der Waals surface area (Å²) < 4.78 is 36.1. The van der Waals surface area contributed by atoms with E-state index >= 15 is 0 Å². The van der Waals surface area contributed by atoms with E-state index in [0.717, 1.165) is 0 Å². The zero-order chi connectivity index (χ0) is 19.2. The van der Waals surface area contributed by atoms with Crippen molar-refractivity contribution in [1.82, 2.24) is 5.32 Å². The lowest BCUT2D eigenvalue weighted by molar-refractivity contribution is -0.138. The molecule has 0 aromatic heterocycles. The highest BCUT2D eigenvalue weighted by atomic mass is 35.5. The topological polar surface area (TPSA) is 70.2 Å². The predicted octanol–water partition coefficient (Wildman–Crippen LogP) is 4.21. The van der Waals surface area contributed by atoms with Gasteiger partial charge in [0.05, 0.1) is 6.42 Å². The van der Waals surface area contributed by atoms with Crippen LogP contribution in [0.4, 0.5) is 29.3 Å². The fraction of sp³-hybridized carbons (Fsp3) is 0.176. The number of rotatable bonds is 5. The molecule has 3 N–H and O–H groups in total. The number of carbonyl (C=O) groups excluding carboxylic acids is 2. The lowest BCUT2D eigenvalue weighted by Crippen LogP contribution is -2.34. The molecule has 0 aliphatic rings.